The smallest absolute Gasteiger partial charge is 0.407 e. The number of carbonyl (C=O) groups excluding carboxylic acids is 1. The number of fused-ring (bicyclic) bond motifs is 1. The number of rotatable bonds is 3. The molecular formula is C16H19N3O2. The average Bonchev–Trinajstić information content (AvgIpc) is 2.79. The Morgan fingerprint density at radius 1 is 1.43 bits per heavy atom. The lowest BCUT2D eigenvalue weighted by Gasteiger charge is -2.19. The molecule has 0 atom stereocenters. The number of benzene rings is 1. The van der Waals surface area contributed by atoms with Gasteiger partial charge in [-0.15, -0.1) is 0 Å². The van der Waals surface area contributed by atoms with E-state index in [1.54, 1.807) is 6.07 Å². The number of alkyl carbamates (subject to hydrolysis) is 1. The van der Waals surface area contributed by atoms with E-state index < -0.39 is 11.7 Å². The van der Waals surface area contributed by atoms with Crippen LogP contribution in [0, 0.1) is 11.3 Å². The van der Waals surface area contributed by atoms with Gasteiger partial charge in [-0.2, -0.15) is 5.26 Å². The van der Waals surface area contributed by atoms with Gasteiger partial charge in [0.05, 0.1) is 11.6 Å². The van der Waals surface area contributed by atoms with Gasteiger partial charge in [0.2, 0.25) is 0 Å². The van der Waals surface area contributed by atoms with Crippen molar-refractivity contribution >= 4 is 17.0 Å². The maximum absolute atomic E-state index is 11.6. The van der Waals surface area contributed by atoms with Gasteiger partial charge in [0.25, 0.3) is 0 Å². The molecular weight excluding hydrogens is 266 g/mol. The number of aromatic nitrogens is 1. The summed E-state index contributed by atoms with van der Waals surface area (Å²) in [5.74, 6) is 0. The van der Waals surface area contributed by atoms with E-state index in [2.05, 4.69) is 16.4 Å². The average molecular weight is 285 g/mol. The number of ether oxygens (including phenoxy) is 1. The Bertz CT molecular complexity index is 690. The van der Waals surface area contributed by atoms with Gasteiger partial charge in [-0.1, -0.05) is 0 Å². The van der Waals surface area contributed by atoms with Gasteiger partial charge in [-0.05, 0) is 51.0 Å². The van der Waals surface area contributed by atoms with E-state index in [1.165, 1.54) is 0 Å². The zero-order chi connectivity index (χ0) is 15.5. The largest absolute Gasteiger partial charge is 0.444 e. The summed E-state index contributed by atoms with van der Waals surface area (Å²) in [4.78, 5) is 14.7. The Balaban J connectivity index is 1.98. The third-order valence-electron chi connectivity index (χ3n) is 2.96. The van der Waals surface area contributed by atoms with E-state index in [0.29, 0.717) is 18.5 Å². The van der Waals surface area contributed by atoms with Gasteiger partial charge < -0.3 is 15.0 Å². The van der Waals surface area contributed by atoms with Crippen molar-refractivity contribution in [1.82, 2.24) is 10.3 Å². The van der Waals surface area contributed by atoms with Crippen LogP contribution >= 0.6 is 0 Å². The van der Waals surface area contributed by atoms with E-state index >= 15 is 0 Å². The number of nitrogens with zero attached hydrogens (tertiary/aromatic N) is 1. The van der Waals surface area contributed by atoms with Crippen LogP contribution < -0.4 is 5.32 Å². The van der Waals surface area contributed by atoms with Crippen LogP contribution in [0.5, 0.6) is 0 Å². The summed E-state index contributed by atoms with van der Waals surface area (Å²) in [7, 11) is 0. The third-order valence-corrected chi connectivity index (χ3v) is 2.96. The van der Waals surface area contributed by atoms with E-state index in [-0.39, 0.29) is 0 Å². The highest BCUT2D eigenvalue weighted by molar-refractivity contribution is 5.84. The Hall–Kier alpha value is -2.48. The van der Waals surface area contributed by atoms with Gasteiger partial charge in [-0.25, -0.2) is 4.79 Å². The topological polar surface area (TPSA) is 77.9 Å². The van der Waals surface area contributed by atoms with E-state index in [9.17, 15) is 4.79 Å². The highest BCUT2D eigenvalue weighted by atomic mass is 16.6. The van der Waals surface area contributed by atoms with E-state index in [1.807, 2.05) is 39.1 Å². The van der Waals surface area contributed by atoms with Crippen LogP contribution in [0.3, 0.4) is 0 Å². The number of aromatic amines is 1. The Morgan fingerprint density at radius 2 is 2.19 bits per heavy atom. The molecule has 1 aromatic heterocycles. The molecule has 0 bridgehead atoms. The quantitative estimate of drug-likeness (QED) is 0.909. The molecule has 2 aromatic rings. The molecule has 0 saturated carbocycles. The van der Waals surface area contributed by atoms with Crippen LogP contribution in [0.25, 0.3) is 10.9 Å². The predicted molar refractivity (Wildman–Crippen MR) is 81.0 cm³/mol. The molecule has 0 unspecified atom stereocenters. The Labute approximate surface area is 123 Å². The summed E-state index contributed by atoms with van der Waals surface area (Å²) < 4.78 is 5.18. The fourth-order valence-corrected chi connectivity index (χ4v) is 2.07. The van der Waals surface area contributed by atoms with Crippen LogP contribution in [0.4, 0.5) is 4.79 Å². The zero-order valence-electron chi connectivity index (χ0n) is 12.5. The number of nitrogens with one attached hydrogen (secondary N) is 2. The van der Waals surface area contributed by atoms with Gasteiger partial charge >= 0.3 is 6.09 Å². The van der Waals surface area contributed by atoms with Crippen LogP contribution in [-0.2, 0) is 11.2 Å². The molecule has 110 valence electrons. The number of hydrogen-bond acceptors (Lipinski definition) is 3. The summed E-state index contributed by atoms with van der Waals surface area (Å²) in [6, 6.07) is 7.66. The minimum Gasteiger partial charge on any atom is -0.444 e. The van der Waals surface area contributed by atoms with Crippen LogP contribution in [0.1, 0.15) is 31.9 Å². The van der Waals surface area contributed by atoms with Crippen molar-refractivity contribution in [2.24, 2.45) is 0 Å². The predicted octanol–water partition coefficient (Wildman–Crippen LogP) is 3.11. The Morgan fingerprint density at radius 3 is 2.86 bits per heavy atom. The molecule has 5 heteroatoms. The van der Waals surface area contributed by atoms with Crippen molar-refractivity contribution in [3.8, 4) is 6.07 Å². The first-order valence-corrected chi connectivity index (χ1v) is 6.86. The number of amides is 1. The molecule has 0 radical (unpaired) electrons. The van der Waals surface area contributed by atoms with Crippen LogP contribution in [0.2, 0.25) is 0 Å². The van der Waals surface area contributed by atoms with Crippen molar-refractivity contribution in [3.05, 3.63) is 35.5 Å². The molecule has 1 heterocycles. The number of H-pyrrole nitrogens is 1. The molecule has 0 fully saturated rings. The second-order valence-electron chi connectivity index (χ2n) is 5.86. The second kappa shape index (κ2) is 5.88. The molecule has 0 aliphatic heterocycles. The highest BCUT2D eigenvalue weighted by Gasteiger charge is 2.15. The van der Waals surface area contributed by atoms with E-state index in [4.69, 9.17) is 10.00 Å². The molecule has 2 N–H and O–H groups in total. The molecule has 0 aliphatic carbocycles. The van der Waals surface area contributed by atoms with Crippen molar-refractivity contribution in [1.29, 1.82) is 5.26 Å². The summed E-state index contributed by atoms with van der Waals surface area (Å²) in [5.41, 5.74) is 2.19. The molecule has 21 heavy (non-hydrogen) atoms. The van der Waals surface area contributed by atoms with Gasteiger partial charge in [0.15, 0.2) is 0 Å². The minimum absolute atomic E-state index is 0.417. The third kappa shape index (κ3) is 3.99. The molecule has 1 amide bonds. The molecule has 5 nitrogen and oxygen atoms in total. The monoisotopic (exact) mass is 285 g/mol. The van der Waals surface area contributed by atoms with Crippen LogP contribution in [0.15, 0.2) is 24.4 Å². The summed E-state index contributed by atoms with van der Waals surface area (Å²) >= 11 is 0. The van der Waals surface area contributed by atoms with Crippen LogP contribution in [-0.4, -0.2) is 23.2 Å². The standard InChI is InChI=1S/C16H19N3O2/c1-16(2,3)21-15(20)18-7-6-12-10-19-14-5-4-11(9-17)8-13(12)14/h4-5,8,10,19H,6-7H2,1-3H3,(H,18,20). The fraction of sp³-hybridized carbons (Fsp3) is 0.375. The SMILES string of the molecule is CC(C)(C)OC(=O)NCCc1c[nH]c2ccc(C#N)cc12. The first kappa shape index (κ1) is 14.9. The van der Waals surface area contributed by atoms with Crippen molar-refractivity contribution in [2.75, 3.05) is 6.54 Å². The maximum atomic E-state index is 11.6. The minimum atomic E-state index is -0.493. The van der Waals surface area contributed by atoms with E-state index in [0.717, 1.165) is 16.5 Å². The second-order valence-corrected chi connectivity index (χ2v) is 5.86. The number of carbonyl (C=O) groups is 1. The Kier molecular flexibility index (Phi) is 4.18. The molecule has 2 rings (SSSR count). The maximum Gasteiger partial charge on any atom is 0.407 e. The summed E-state index contributed by atoms with van der Waals surface area (Å²) in [6.07, 6.45) is 2.16. The highest BCUT2D eigenvalue weighted by Crippen LogP contribution is 2.20. The zero-order valence-corrected chi connectivity index (χ0v) is 12.5. The molecule has 0 saturated heterocycles. The lowest BCUT2D eigenvalue weighted by atomic mass is 10.1. The first-order valence-electron chi connectivity index (χ1n) is 6.86. The van der Waals surface area contributed by atoms with Crippen molar-refractivity contribution in [3.63, 3.8) is 0 Å². The normalized spacial score (nSPS) is 11.1. The number of nitriles is 1. The summed E-state index contributed by atoms with van der Waals surface area (Å²) in [5, 5.41) is 12.7. The number of hydrogen-bond donors (Lipinski definition) is 2. The summed E-state index contributed by atoms with van der Waals surface area (Å²) in [6.45, 7) is 5.97. The molecule has 0 spiro atoms. The van der Waals surface area contributed by atoms with Crippen molar-refractivity contribution in [2.45, 2.75) is 32.8 Å². The van der Waals surface area contributed by atoms with Gasteiger partial charge in [0.1, 0.15) is 5.60 Å². The molecule has 1 aromatic carbocycles. The lowest BCUT2D eigenvalue weighted by Crippen LogP contribution is -2.33. The molecule has 0 aliphatic rings. The lowest BCUT2D eigenvalue weighted by molar-refractivity contribution is 0.0528. The van der Waals surface area contributed by atoms with Crippen molar-refractivity contribution < 1.29 is 9.53 Å². The van der Waals surface area contributed by atoms with Gasteiger partial charge in [-0.3, -0.25) is 0 Å². The first-order chi connectivity index (χ1) is 9.89. The van der Waals surface area contributed by atoms with Gasteiger partial charge in [0, 0.05) is 23.6 Å². The fourth-order valence-electron chi connectivity index (χ4n) is 2.07.